The molecule has 0 bridgehead atoms. The Morgan fingerprint density at radius 2 is 2.29 bits per heavy atom. The third kappa shape index (κ3) is 5.41. The number of rotatable bonds is 7. The molecule has 0 atom stereocenters. The lowest BCUT2D eigenvalue weighted by Gasteiger charge is -2.01. The van der Waals surface area contributed by atoms with Crippen LogP contribution in [-0.2, 0) is 21.9 Å². The van der Waals surface area contributed by atoms with Gasteiger partial charge in [0.2, 0.25) is 5.91 Å². The number of carboxylic acids is 1. The average Bonchev–Trinajstić information content (AvgIpc) is 2.98. The maximum absolute atomic E-state index is 11.7. The summed E-state index contributed by atoms with van der Waals surface area (Å²) in [6.07, 6.45) is 2.90. The molecule has 0 aliphatic heterocycles. The largest absolute Gasteiger partial charge is 0.480 e. The first-order valence-corrected chi connectivity index (χ1v) is 8.24. The fourth-order valence-electron chi connectivity index (χ4n) is 1.52. The van der Waals surface area contributed by atoms with Crippen LogP contribution in [0.15, 0.2) is 24.5 Å². The van der Waals surface area contributed by atoms with Crippen LogP contribution in [0.5, 0.6) is 0 Å². The van der Waals surface area contributed by atoms with E-state index in [0.29, 0.717) is 11.4 Å². The van der Waals surface area contributed by atoms with E-state index in [2.05, 4.69) is 10.4 Å². The molecular formula is C12H12ClN3O3S2. The van der Waals surface area contributed by atoms with Gasteiger partial charge in [0.15, 0.2) is 0 Å². The van der Waals surface area contributed by atoms with Gasteiger partial charge in [0.1, 0.15) is 6.54 Å². The molecule has 2 heterocycles. The Kier molecular flexibility index (Phi) is 5.66. The van der Waals surface area contributed by atoms with Crippen LogP contribution < -0.4 is 5.32 Å². The van der Waals surface area contributed by atoms with Crippen molar-refractivity contribution in [1.29, 1.82) is 0 Å². The highest BCUT2D eigenvalue weighted by Crippen LogP contribution is 2.25. The molecule has 6 nitrogen and oxygen atoms in total. The first-order valence-electron chi connectivity index (χ1n) is 5.89. The normalized spacial score (nSPS) is 10.5. The van der Waals surface area contributed by atoms with Gasteiger partial charge in [-0.05, 0) is 12.1 Å². The van der Waals surface area contributed by atoms with Gasteiger partial charge in [-0.15, -0.1) is 23.1 Å². The second-order valence-corrected chi connectivity index (χ2v) is 6.85. The van der Waals surface area contributed by atoms with Crippen LogP contribution in [0.3, 0.4) is 0 Å². The zero-order valence-corrected chi connectivity index (χ0v) is 13.2. The molecular weight excluding hydrogens is 334 g/mol. The molecule has 2 aromatic rings. The predicted octanol–water partition coefficient (Wildman–Crippen LogP) is 2.55. The van der Waals surface area contributed by atoms with Gasteiger partial charge in [-0.3, -0.25) is 14.3 Å². The monoisotopic (exact) mass is 345 g/mol. The third-order valence-corrected chi connectivity index (χ3v) is 4.72. The van der Waals surface area contributed by atoms with Gasteiger partial charge in [-0.1, -0.05) is 11.6 Å². The number of hydrogen-bond donors (Lipinski definition) is 2. The number of carbonyl (C=O) groups excluding carboxylic acids is 1. The summed E-state index contributed by atoms with van der Waals surface area (Å²) >= 11 is 8.81. The smallest absolute Gasteiger partial charge is 0.325 e. The van der Waals surface area contributed by atoms with Gasteiger partial charge in [-0.2, -0.15) is 5.10 Å². The minimum Gasteiger partial charge on any atom is -0.480 e. The Balaban J connectivity index is 1.74. The van der Waals surface area contributed by atoms with Crippen molar-refractivity contribution in [1.82, 2.24) is 9.78 Å². The summed E-state index contributed by atoms with van der Waals surface area (Å²) in [5, 5.41) is 15.1. The molecule has 21 heavy (non-hydrogen) atoms. The van der Waals surface area contributed by atoms with Crippen LogP contribution >= 0.6 is 34.7 Å². The molecule has 0 saturated heterocycles. The maximum Gasteiger partial charge on any atom is 0.325 e. The first kappa shape index (κ1) is 15.9. The van der Waals surface area contributed by atoms with Crippen molar-refractivity contribution in [3.8, 4) is 0 Å². The topological polar surface area (TPSA) is 84.2 Å². The van der Waals surface area contributed by atoms with Crippen molar-refractivity contribution in [3.63, 3.8) is 0 Å². The lowest BCUT2D eigenvalue weighted by atomic mass is 10.5. The average molecular weight is 346 g/mol. The van der Waals surface area contributed by atoms with Crippen molar-refractivity contribution in [3.05, 3.63) is 33.7 Å². The molecule has 0 aliphatic carbocycles. The van der Waals surface area contributed by atoms with Crippen LogP contribution in [0, 0.1) is 0 Å². The molecule has 0 unspecified atom stereocenters. The van der Waals surface area contributed by atoms with Crippen LogP contribution in [-0.4, -0.2) is 32.5 Å². The zero-order valence-electron chi connectivity index (χ0n) is 10.8. The molecule has 0 spiro atoms. The number of aliphatic carboxylic acids is 1. The van der Waals surface area contributed by atoms with Gasteiger partial charge >= 0.3 is 5.97 Å². The number of hydrogen-bond acceptors (Lipinski definition) is 5. The van der Waals surface area contributed by atoms with Gasteiger partial charge in [0, 0.05) is 16.8 Å². The maximum atomic E-state index is 11.7. The van der Waals surface area contributed by atoms with Crippen molar-refractivity contribution < 1.29 is 14.7 Å². The molecule has 112 valence electrons. The van der Waals surface area contributed by atoms with E-state index in [1.165, 1.54) is 40.2 Å². The fraction of sp³-hybridized carbons (Fsp3) is 0.250. The molecule has 2 N–H and O–H groups in total. The second-order valence-electron chi connectivity index (χ2n) is 4.07. The number of halogens is 1. The number of amides is 1. The number of thiophene rings is 1. The van der Waals surface area contributed by atoms with E-state index < -0.39 is 5.97 Å². The molecule has 1 amide bonds. The first-order chi connectivity index (χ1) is 10.0. The summed E-state index contributed by atoms with van der Waals surface area (Å²) in [6, 6.07) is 3.77. The van der Waals surface area contributed by atoms with E-state index in [4.69, 9.17) is 16.7 Å². The van der Waals surface area contributed by atoms with Crippen molar-refractivity contribution >= 4 is 52.3 Å². The molecule has 0 fully saturated rings. The van der Waals surface area contributed by atoms with Gasteiger partial charge in [-0.25, -0.2) is 0 Å². The number of nitrogens with one attached hydrogen (secondary N) is 1. The number of carboxylic acid groups (broad SMARTS) is 1. The zero-order chi connectivity index (χ0) is 15.2. The van der Waals surface area contributed by atoms with Crippen molar-refractivity contribution in [2.45, 2.75) is 12.3 Å². The van der Waals surface area contributed by atoms with E-state index in [-0.39, 0.29) is 12.5 Å². The van der Waals surface area contributed by atoms with E-state index in [9.17, 15) is 9.59 Å². The lowest BCUT2D eigenvalue weighted by molar-refractivity contribution is -0.137. The summed E-state index contributed by atoms with van der Waals surface area (Å²) < 4.78 is 1.99. The number of thioether (sulfide) groups is 1. The van der Waals surface area contributed by atoms with Crippen molar-refractivity contribution in [2.75, 3.05) is 11.1 Å². The number of aromatic nitrogens is 2. The Hall–Kier alpha value is -1.51. The highest BCUT2D eigenvalue weighted by molar-refractivity contribution is 7.99. The summed E-state index contributed by atoms with van der Waals surface area (Å²) in [5.74, 6) is -0.110. The molecule has 0 aromatic carbocycles. The SMILES string of the molecule is O=C(O)Cn1cc(NC(=O)CSCc2ccc(Cl)s2)cn1. The Morgan fingerprint density at radius 3 is 2.95 bits per heavy atom. The summed E-state index contributed by atoms with van der Waals surface area (Å²) in [6.45, 7) is -0.232. The van der Waals surface area contributed by atoms with Crippen LogP contribution in [0.25, 0.3) is 0 Å². The fourth-order valence-corrected chi connectivity index (χ4v) is 3.55. The van der Waals surface area contributed by atoms with Crippen LogP contribution in [0.4, 0.5) is 5.69 Å². The Morgan fingerprint density at radius 1 is 1.48 bits per heavy atom. The second kappa shape index (κ2) is 7.48. The van der Waals surface area contributed by atoms with Crippen LogP contribution in [0.1, 0.15) is 4.88 Å². The molecule has 0 saturated carbocycles. The number of nitrogens with zero attached hydrogens (tertiary/aromatic N) is 2. The quantitative estimate of drug-likeness (QED) is 0.805. The minimum absolute atomic E-state index is 0.155. The standard InChI is InChI=1S/C12H12ClN3O3S2/c13-10-2-1-9(21-10)6-20-7-11(17)15-8-3-14-16(4-8)5-12(18)19/h1-4H,5-7H2,(H,15,17)(H,18,19). The van der Waals surface area contributed by atoms with Gasteiger partial charge < -0.3 is 10.4 Å². The molecule has 0 aliphatic rings. The van der Waals surface area contributed by atoms with E-state index in [0.717, 1.165) is 15.0 Å². The predicted molar refractivity (Wildman–Crippen MR) is 84.0 cm³/mol. The van der Waals surface area contributed by atoms with Gasteiger partial charge in [0.25, 0.3) is 0 Å². The Bertz CT molecular complexity index is 641. The lowest BCUT2D eigenvalue weighted by Crippen LogP contribution is -2.14. The molecule has 2 rings (SSSR count). The van der Waals surface area contributed by atoms with E-state index >= 15 is 0 Å². The van der Waals surface area contributed by atoms with Gasteiger partial charge in [0.05, 0.1) is 22.0 Å². The molecule has 2 aromatic heterocycles. The Labute approximate surface area is 134 Å². The minimum atomic E-state index is -0.985. The highest BCUT2D eigenvalue weighted by atomic mass is 35.5. The molecule has 0 radical (unpaired) electrons. The molecule has 9 heteroatoms. The van der Waals surface area contributed by atoms with E-state index in [1.807, 2.05) is 12.1 Å². The van der Waals surface area contributed by atoms with Crippen molar-refractivity contribution in [2.24, 2.45) is 0 Å². The third-order valence-electron chi connectivity index (χ3n) is 2.32. The van der Waals surface area contributed by atoms with E-state index in [1.54, 1.807) is 0 Å². The number of carbonyl (C=O) groups is 2. The number of anilines is 1. The van der Waals surface area contributed by atoms with Crippen LogP contribution in [0.2, 0.25) is 4.34 Å². The summed E-state index contributed by atoms with van der Waals surface area (Å²) in [4.78, 5) is 23.4. The summed E-state index contributed by atoms with van der Waals surface area (Å²) in [7, 11) is 0. The summed E-state index contributed by atoms with van der Waals surface area (Å²) in [5.41, 5.74) is 0.487. The highest BCUT2D eigenvalue weighted by Gasteiger charge is 2.07.